The van der Waals surface area contributed by atoms with E-state index in [0.717, 1.165) is 11.4 Å². The molecular weight excluding hydrogens is 380 g/mol. The predicted molar refractivity (Wildman–Crippen MR) is 112 cm³/mol. The average Bonchev–Trinajstić information content (AvgIpc) is 2.77. The Hall–Kier alpha value is -4.16. The van der Waals surface area contributed by atoms with Gasteiger partial charge in [0.15, 0.2) is 0 Å². The minimum absolute atomic E-state index is 0.0266. The number of pyridine rings is 1. The van der Waals surface area contributed by atoms with E-state index in [-0.39, 0.29) is 11.6 Å². The van der Waals surface area contributed by atoms with Gasteiger partial charge in [-0.05, 0) is 24.3 Å². The topological polar surface area (TPSA) is 146 Å². The lowest BCUT2D eigenvalue weighted by Crippen LogP contribution is -2.09. The highest BCUT2D eigenvalue weighted by Crippen LogP contribution is 2.25. The maximum atomic E-state index is 9.34. The molecule has 0 spiro atoms. The zero-order valence-electron chi connectivity index (χ0n) is 16.3. The first-order valence-corrected chi connectivity index (χ1v) is 9.03. The SMILES string of the molecule is COCc1cccc(CN/C=C(\N=N)c2cc(-c3ccccc3C#N)nc(N)n2)n1. The molecule has 0 atom stereocenters. The van der Waals surface area contributed by atoms with Crippen LogP contribution in [0.4, 0.5) is 5.95 Å². The van der Waals surface area contributed by atoms with Crippen molar-refractivity contribution in [1.82, 2.24) is 20.3 Å². The van der Waals surface area contributed by atoms with E-state index in [1.165, 1.54) is 0 Å². The third kappa shape index (κ3) is 5.01. The van der Waals surface area contributed by atoms with Crippen LogP contribution in [0.1, 0.15) is 22.6 Å². The lowest BCUT2D eigenvalue weighted by molar-refractivity contribution is 0.181. The summed E-state index contributed by atoms with van der Waals surface area (Å²) >= 11 is 0. The number of hydrogen-bond acceptors (Lipinski definition) is 9. The number of methoxy groups -OCH3 is 1. The molecule has 0 saturated carbocycles. The van der Waals surface area contributed by atoms with Crippen LogP contribution in [0.25, 0.3) is 17.0 Å². The van der Waals surface area contributed by atoms with E-state index in [0.29, 0.717) is 35.7 Å². The van der Waals surface area contributed by atoms with Crippen LogP contribution in [0, 0.1) is 16.9 Å². The van der Waals surface area contributed by atoms with Gasteiger partial charge in [0.2, 0.25) is 5.95 Å². The van der Waals surface area contributed by atoms with E-state index in [1.807, 2.05) is 24.3 Å². The molecule has 4 N–H and O–H groups in total. The normalized spacial score (nSPS) is 11.0. The highest BCUT2D eigenvalue weighted by molar-refractivity contribution is 5.72. The van der Waals surface area contributed by atoms with E-state index in [4.69, 9.17) is 16.0 Å². The summed E-state index contributed by atoms with van der Waals surface area (Å²) < 4.78 is 5.10. The van der Waals surface area contributed by atoms with Gasteiger partial charge >= 0.3 is 0 Å². The molecule has 9 heteroatoms. The number of anilines is 1. The maximum absolute atomic E-state index is 9.34. The Morgan fingerprint density at radius 3 is 2.77 bits per heavy atom. The molecule has 30 heavy (non-hydrogen) atoms. The van der Waals surface area contributed by atoms with Gasteiger partial charge in [0.05, 0.1) is 47.6 Å². The third-order valence-electron chi connectivity index (χ3n) is 4.13. The molecule has 0 saturated heterocycles. The maximum Gasteiger partial charge on any atom is 0.221 e. The lowest BCUT2D eigenvalue weighted by Gasteiger charge is -2.08. The molecule has 0 fully saturated rings. The second-order valence-electron chi connectivity index (χ2n) is 6.23. The van der Waals surface area contributed by atoms with Crippen molar-refractivity contribution in [1.29, 1.82) is 10.8 Å². The van der Waals surface area contributed by atoms with E-state index in [9.17, 15) is 5.26 Å². The second-order valence-corrected chi connectivity index (χ2v) is 6.23. The highest BCUT2D eigenvalue weighted by Gasteiger charge is 2.11. The largest absolute Gasteiger partial charge is 0.383 e. The Balaban J connectivity index is 1.84. The number of nitriles is 1. The van der Waals surface area contributed by atoms with Crippen molar-refractivity contribution in [2.75, 3.05) is 12.8 Å². The molecule has 3 aromatic rings. The number of nitrogen functional groups attached to an aromatic ring is 1. The smallest absolute Gasteiger partial charge is 0.221 e. The molecule has 9 nitrogen and oxygen atoms in total. The Morgan fingerprint density at radius 1 is 1.20 bits per heavy atom. The fourth-order valence-electron chi connectivity index (χ4n) is 2.81. The number of nitrogens with zero attached hydrogens (tertiary/aromatic N) is 5. The quantitative estimate of drug-likeness (QED) is 0.492. The Kier molecular flexibility index (Phi) is 6.76. The van der Waals surface area contributed by atoms with Crippen molar-refractivity contribution in [3.8, 4) is 17.3 Å². The molecule has 0 bridgehead atoms. The van der Waals surface area contributed by atoms with Gasteiger partial charge < -0.3 is 15.8 Å². The molecule has 0 aliphatic rings. The minimum atomic E-state index is 0.0266. The van der Waals surface area contributed by atoms with Crippen molar-refractivity contribution in [3.63, 3.8) is 0 Å². The summed E-state index contributed by atoms with van der Waals surface area (Å²) in [6.45, 7) is 0.866. The summed E-state index contributed by atoms with van der Waals surface area (Å²) in [5.74, 6) is 0.0266. The van der Waals surface area contributed by atoms with Crippen LogP contribution in [0.15, 0.2) is 59.8 Å². The summed E-state index contributed by atoms with van der Waals surface area (Å²) in [5, 5.41) is 16.0. The highest BCUT2D eigenvalue weighted by atomic mass is 16.5. The molecule has 1 aromatic carbocycles. The third-order valence-corrected chi connectivity index (χ3v) is 4.13. The molecule has 0 aliphatic heterocycles. The van der Waals surface area contributed by atoms with Gasteiger partial charge in [-0.2, -0.15) is 10.4 Å². The van der Waals surface area contributed by atoms with Crippen LogP contribution in [-0.2, 0) is 17.9 Å². The fourth-order valence-corrected chi connectivity index (χ4v) is 2.81. The van der Waals surface area contributed by atoms with Crippen LogP contribution in [0.5, 0.6) is 0 Å². The summed E-state index contributed by atoms with van der Waals surface area (Å²) in [7, 11) is 1.62. The Morgan fingerprint density at radius 2 is 2.00 bits per heavy atom. The Bertz CT molecular complexity index is 1120. The first kappa shape index (κ1) is 20.6. The monoisotopic (exact) mass is 400 g/mol. The Labute approximate surface area is 173 Å². The number of ether oxygens (including phenoxy) is 1. The van der Waals surface area contributed by atoms with Crippen molar-refractivity contribution in [2.24, 2.45) is 5.11 Å². The van der Waals surface area contributed by atoms with Crippen LogP contribution in [-0.4, -0.2) is 22.1 Å². The molecule has 2 heterocycles. The predicted octanol–water partition coefficient (Wildman–Crippen LogP) is 3.26. The summed E-state index contributed by atoms with van der Waals surface area (Å²) in [6, 6.07) is 16.5. The van der Waals surface area contributed by atoms with Gasteiger partial charge in [0, 0.05) is 18.9 Å². The van der Waals surface area contributed by atoms with Crippen molar-refractivity contribution < 1.29 is 4.74 Å². The number of nitrogens with two attached hydrogens (primary N) is 1. The van der Waals surface area contributed by atoms with Crippen LogP contribution in [0.3, 0.4) is 0 Å². The molecule has 2 aromatic heterocycles. The number of nitrogens with one attached hydrogen (secondary N) is 2. The summed E-state index contributed by atoms with van der Waals surface area (Å²) in [4.78, 5) is 12.9. The molecule has 150 valence electrons. The minimum Gasteiger partial charge on any atom is -0.383 e. The molecule has 0 aliphatic carbocycles. The first-order valence-electron chi connectivity index (χ1n) is 9.03. The van der Waals surface area contributed by atoms with Gasteiger partial charge in [-0.15, -0.1) is 0 Å². The number of benzene rings is 1. The first-order chi connectivity index (χ1) is 14.6. The van der Waals surface area contributed by atoms with E-state index in [2.05, 4.69) is 31.5 Å². The van der Waals surface area contributed by atoms with Gasteiger partial charge in [-0.3, -0.25) is 4.98 Å². The molecule has 0 unspecified atom stereocenters. The summed E-state index contributed by atoms with van der Waals surface area (Å²) in [6.07, 6.45) is 1.57. The van der Waals surface area contributed by atoms with Crippen LogP contribution < -0.4 is 11.1 Å². The van der Waals surface area contributed by atoms with Gasteiger partial charge in [0.1, 0.15) is 5.70 Å². The van der Waals surface area contributed by atoms with E-state index < -0.39 is 0 Å². The van der Waals surface area contributed by atoms with Gasteiger partial charge in [-0.25, -0.2) is 15.5 Å². The standard InChI is InChI=1S/C21H20N8O/c1-30-13-16-7-4-6-15(26-16)11-25-12-20(29-24)19-9-18(27-21(23)28-19)17-8-3-2-5-14(17)10-22/h2-9,12,24-25H,11,13H2,1H3,(H2,23,27,28)/b20-12-,29-24?. The van der Waals surface area contributed by atoms with Crippen molar-refractivity contribution in [3.05, 3.63) is 77.4 Å². The zero-order valence-corrected chi connectivity index (χ0v) is 16.3. The molecule has 3 rings (SSSR count). The van der Waals surface area contributed by atoms with Crippen molar-refractivity contribution in [2.45, 2.75) is 13.2 Å². The van der Waals surface area contributed by atoms with Gasteiger partial charge in [-0.1, -0.05) is 24.3 Å². The van der Waals surface area contributed by atoms with Crippen LogP contribution >= 0.6 is 0 Å². The molecular formula is C21H20N8O. The molecule has 0 amide bonds. The second kappa shape index (κ2) is 9.86. The summed E-state index contributed by atoms with van der Waals surface area (Å²) in [5.41, 5.74) is 17.3. The average molecular weight is 400 g/mol. The zero-order chi connectivity index (χ0) is 21.3. The number of aromatic nitrogens is 3. The number of rotatable bonds is 8. The van der Waals surface area contributed by atoms with Crippen molar-refractivity contribution >= 4 is 11.6 Å². The van der Waals surface area contributed by atoms with Crippen LogP contribution in [0.2, 0.25) is 0 Å². The van der Waals surface area contributed by atoms with Gasteiger partial charge in [0.25, 0.3) is 0 Å². The van der Waals surface area contributed by atoms with E-state index in [1.54, 1.807) is 37.6 Å². The lowest BCUT2D eigenvalue weighted by atomic mass is 10.0. The van der Waals surface area contributed by atoms with E-state index >= 15 is 0 Å². The fraction of sp³-hybridized carbons (Fsp3) is 0.143. The number of hydrogen-bond donors (Lipinski definition) is 3. The molecule has 0 radical (unpaired) electrons.